The van der Waals surface area contributed by atoms with Gasteiger partial charge in [0.25, 0.3) is 5.91 Å². The zero-order chi connectivity index (χ0) is 20.1. The van der Waals surface area contributed by atoms with Crippen molar-refractivity contribution in [2.45, 2.75) is 19.5 Å². The van der Waals surface area contributed by atoms with Gasteiger partial charge in [0.05, 0.1) is 5.56 Å². The van der Waals surface area contributed by atoms with Crippen LogP contribution in [0, 0.1) is 0 Å². The Hall–Kier alpha value is -2.70. The predicted molar refractivity (Wildman–Crippen MR) is 102 cm³/mol. The van der Waals surface area contributed by atoms with E-state index in [0.29, 0.717) is 37.6 Å². The number of para-hydroxylation sites is 1. The van der Waals surface area contributed by atoms with Crippen LogP contribution in [-0.2, 0) is 17.4 Å². The van der Waals surface area contributed by atoms with Crippen LogP contribution in [0.2, 0.25) is 0 Å². The summed E-state index contributed by atoms with van der Waals surface area (Å²) in [5, 5.41) is 0. The van der Waals surface area contributed by atoms with E-state index in [9.17, 15) is 18.0 Å². The van der Waals surface area contributed by atoms with Crippen LogP contribution >= 0.6 is 0 Å². The highest BCUT2D eigenvalue weighted by atomic mass is 19.4. The Morgan fingerprint density at radius 1 is 1.04 bits per heavy atom. The lowest BCUT2D eigenvalue weighted by molar-refractivity contribution is -0.137. The molecule has 1 heterocycles. The Kier molecular flexibility index (Phi) is 6.11. The molecular weight excluding hydrogens is 369 g/mol. The van der Waals surface area contributed by atoms with Crippen molar-refractivity contribution in [3.63, 3.8) is 0 Å². The number of ether oxygens (including phenoxy) is 1. The summed E-state index contributed by atoms with van der Waals surface area (Å²) in [7, 11) is 0. The molecule has 0 aromatic heterocycles. The number of nitrogens with zero attached hydrogens (tertiary/aromatic N) is 2. The standard InChI is InChI=1S/C21H23F3N2O2/c1-2-16-6-3-4-9-19(16)28-15-20(27)26-12-10-25(11-13-26)18-8-5-7-17(14-18)21(22,23)24/h3-9,14H,2,10-13,15H2,1H3. The summed E-state index contributed by atoms with van der Waals surface area (Å²) >= 11 is 0. The van der Waals surface area contributed by atoms with Gasteiger partial charge < -0.3 is 14.5 Å². The van der Waals surface area contributed by atoms with Gasteiger partial charge in [0.2, 0.25) is 0 Å². The number of amides is 1. The highest BCUT2D eigenvalue weighted by Crippen LogP contribution is 2.31. The first-order chi connectivity index (χ1) is 13.4. The van der Waals surface area contributed by atoms with Crippen molar-refractivity contribution in [3.8, 4) is 5.75 Å². The van der Waals surface area contributed by atoms with Crippen molar-refractivity contribution in [2.75, 3.05) is 37.7 Å². The second-order valence-corrected chi connectivity index (χ2v) is 6.67. The van der Waals surface area contributed by atoms with E-state index in [1.54, 1.807) is 11.0 Å². The largest absolute Gasteiger partial charge is 0.483 e. The van der Waals surface area contributed by atoms with Crippen LogP contribution in [0.3, 0.4) is 0 Å². The van der Waals surface area contributed by atoms with Crippen LogP contribution < -0.4 is 9.64 Å². The molecule has 0 unspecified atom stereocenters. The molecule has 1 saturated heterocycles. The van der Waals surface area contributed by atoms with Gasteiger partial charge in [-0.15, -0.1) is 0 Å². The number of rotatable bonds is 5. The lowest BCUT2D eigenvalue weighted by Gasteiger charge is -2.36. The minimum atomic E-state index is -4.36. The molecule has 2 aromatic carbocycles. The molecule has 1 amide bonds. The number of aryl methyl sites for hydroxylation is 1. The van der Waals surface area contributed by atoms with Crippen molar-refractivity contribution < 1.29 is 22.7 Å². The molecule has 0 N–H and O–H groups in total. The molecule has 4 nitrogen and oxygen atoms in total. The Morgan fingerprint density at radius 3 is 2.43 bits per heavy atom. The summed E-state index contributed by atoms with van der Waals surface area (Å²) in [4.78, 5) is 16.0. The fraction of sp³-hybridized carbons (Fsp3) is 0.381. The van der Waals surface area contributed by atoms with E-state index in [0.717, 1.165) is 24.1 Å². The van der Waals surface area contributed by atoms with Gasteiger partial charge in [0.15, 0.2) is 6.61 Å². The highest BCUT2D eigenvalue weighted by molar-refractivity contribution is 5.78. The monoisotopic (exact) mass is 392 g/mol. The van der Waals surface area contributed by atoms with Gasteiger partial charge in [-0.3, -0.25) is 4.79 Å². The van der Waals surface area contributed by atoms with Crippen LogP contribution in [0.15, 0.2) is 48.5 Å². The van der Waals surface area contributed by atoms with E-state index in [2.05, 4.69) is 0 Å². The molecule has 28 heavy (non-hydrogen) atoms. The molecule has 2 aromatic rings. The normalized spacial score (nSPS) is 14.9. The second kappa shape index (κ2) is 8.54. The lowest BCUT2D eigenvalue weighted by Crippen LogP contribution is -2.50. The Morgan fingerprint density at radius 2 is 1.75 bits per heavy atom. The van der Waals surface area contributed by atoms with E-state index in [1.807, 2.05) is 36.1 Å². The maximum absolute atomic E-state index is 12.9. The molecule has 7 heteroatoms. The van der Waals surface area contributed by atoms with Crippen LogP contribution in [0.1, 0.15) is 18.1 Å². The van der Waals surface area contributed by atoms with Crippen molar-refractivity contribution >= 4 is 11.6 Å². The van der Waals surface area contributed by atoms with Crippen molar-refractivity contribution in [2.24, 2.45) is 0 Å². The smallest absolute Gasteiger partial charge is 0.416 e. The Labute approximate surface area is 162 Å². The number of hydrogen-bond donors (Lipinski definition) is 0. The van der Waals surface area contributed by atoms with E-state index < -0.39 is 11.7 Å². The molecule has 0 aliphatic carbocycles. The number of carbonyl (C=O) groups excluding carboxylic acids is 1. The lowest BCUT2D eigenvalue weighted by atomic mass is 10.1. The van der Waals surface area contributed by atoms with E-state index in [1.165, 1.54) is 6.07 Å². The zero-order valence-electron chi connectivity index (χ0n) is 15.7. The molecule has 0 saturated carbocycles. The molecular formula is C21H23F3N2O2. The molecule has 0 radical (unpaired) electrons. The third kappa shape index (κ3) is 4.77. The first kappa shape index (κ1) is 20.0. The van der Waals surface area contributed by atoms with Crippen molar-refractivity contribution in [3.05, 3.63) is 59.7 Å². The van der Waals surface area contributed by atoms with Gasteiger partial charge in [0.1, 0.15) is 5.75 Å². The Bertz CT molecular complexity index is 815. The highest BCUT2D eigenvalue weighted by Gasteiger charge is 2.31. The number of piperazine rings is 1. The van der Waals surface area contributed by atoms with Crippen LogP contribution in [0.5, 0.6) is 5.75 Å². The topological polar surface area (TPSA) is 32.8 Å². The predicted octanol–water partition coefficient (Wildman–Crippen LogP) is 4.00. The molecule has 3 rings (SSSR count). The van der Waals surface area contributed by atoms with Gasteiger partial charge in [0, 0.05) is 31.9 Å². The second-order valence-electron chi connectivity index (χ2n) is 6.67. The summed E-state index contributed by atoms with van der Waals surface area (Å²) in [6.45, 7) is 3.86. The van der Waals surface area contributed by atoms with E-state index >= 15 is 0 Å². The maximum atomic E-state index is 12.9. The molecule has 1 aliphatic rings. The van der Waals surface area contributed by atoms with Gasteiger partial charge in [-0.2, -0.15) is 13.2 Å². The zero-order valence-corrected chi connectivity index (χ0v) is 15.7. The number of alkyl halides is 3. The molecule has 0 atom stereocenters. The fourth-order valence-electron chi connectivity index (χ4n) is 3.26. The third-order valence-electron chi connectivity index (χ3n) is 4.88. The number of carbonyl (C=O) groups is 1. The number of benzene rings is 2. The van der Waals surface area contributed by atoms with Gasteiger partial charge >= 0.3 is 6.18 Å². The maximum Gasteiger partial charge on any atom is 0.416 e. The third-order valence-corrected chi connectivity index (χ3v) is 4.88. The minimum absolute atomic E-state index is 0.0411. The number of halogens is 3. The summed E-state index contributed by atoms with van der Waals surface area (Å²) in [5.41, 5.74) is 0.909. The summed E-state index contributed by atoms with van der Waals surface area (Å²) in [6, 6.07) is 12.9. The molecule has 1 aliphatic heterocycles. The quantitative estimate of drug-likeness (QED) is 0.771. The first-order valence-electron chi connectivity index (χ1n) is 9.29. The minimum Gasteiger partial charge on any atom is -0.483 e. The number of anilines is 1. The van der Waals surface area contributed by atoms with Gasteiger partial charge in [-0.25, -0.2) is 0 Å². The van der Waals surface area contributed by atoms with Crippen molar-refractivity contribution in [1.29, 1.82) is 0 Å². The molecule has 150 valence electrons. The molecule has 1 fully saturated rings. The first-order valence-corrected chi connectivity index (χ1v) is 9.29. The SMILES string of the molecule is CCc1ccccc1OCC(=O)N1CCN(c2cccc(C(F)(F)F)c2)CC1. The van der Waals surface area contributed by atoms with Crippen molar-refractivity contribution in [1.82, 2.24) is 4.90 Å². The summed E-state index contributed by atoms with van der Waals surface area (Å²) < 4.78 is 44.4. The van der Waals surface area contributed by atoms with Crippen LogP contribution in [0.4, 0.5) is 18.9 Å². The number of hydrogen-bond acceptors (Lipinski definition) is 3. The van der Waals surface area contributed by atoms with Crippen LogP contribution in [0.25, 0.3) is 0 Å². The molecule has 0 bridgehead atoms. The van der Waals surface area contributed by atoms with E-state index in [-0.39, 0.29) is 12.5 Å². The van der Waals surface area contributed by atoms with E-state index in [4.69, 9.17) is 4.74 Å². The molecule has 0 spiro atoms. The van der Waals surface area contributed by atoms with Crippen LogP contribution in [-0.4, -0.2) is 43.6 Å². The van der Waals surface area contributed by atoms with Gasteiger partial charge in [-0.1, -0.05) is 31.2 Å². The Balaban J connectivity index is 1.54. The fourth-order valence-corrected chi connectivity index (χ4v) is 3.26. The summed E-state index contributed by atoms with van der Waals surface area (Å²) in [6.07, 6.45) is -3.54. The summed E-state index contributed by atoms with van der Waals surface area (Å²) in [5.74, 6) is 0.593. The average Bonchev–Trinajstić information content (AvgIpc) is 2.72. The van der Waals surface area contributed by atoms with Gasteiger partial charge in [-0.05, 0) is 36.2 Å². The average molecular weight is 392 g/mol.